The molecule has 0 amide bonds. The first-order chi connectivity index (χ1) is 10.8. The second-order valence-corrected chi connectivity index (χ2v) is 6.05. The maximum Gasteiger partial charge on any atom is 0.140 e. The molecule has 0 atom stereocenters. The minimum absolute atomic E-state index is 0.842. The van der Waals surface area contributed by atoms with E-state index in [4.69, 9.17) is 4.74 Å². The molecule has 0 aliphatic rings. The SMILES string of the molecule is CNc1ccc(Oc2ccc(-c3ccccc3)cc2)c(I)c1. The summed E-state index contributed by atoms with van der Waals surface area (Å²) in [6.45, 7) is 0. The van der Waals surface area contributed by atoms with E-state index in [0.29, 0.717) is 0 Å². The Hall–Kier alpha value is -2.01. The van der Waals surface area contributed by atoms with Gasteiger partial charge in [-0.15, -0.1) is 0 Å². The monoisotopic (exact) mass is 401 g/mol. The zero-order valence-corrected chi connectivity index (χ0v) is 14.4. The van der Waals surface area contributed by atoms with Crippen molar-refractivity contribution in [2.24, 2.45) is 0 Å². The van der Waals surface area contributed by atoms with Crippen LogP contribution in [0.15, 0.2) is 72.8 Å². The van der Waals surface area contributed by atoms with Crippen LogP contribution in [0.25, 0.3) is 11.1 Å². The van der Waals surface area contributed by atoms with E-state index in [9.17, 15) is 0 Å². The van der Waals surface area contributed by atoms with Crippen LogP contribution < -0.4 is 10.1 Å². The van der Waals surface area contributed by atoms with Crippen LogP contribution in [-0.2, 0) is 0 Å². The highest BCUT2D eigenvalue weighted by Gasteiger charge is 2.04. The van der Waals surface area contributed by atoms with E-state index in [1.165, 1.54) is 11.1 Å². The predicted molar refractivity (Wildman–Crippen MR) is 101 cm³/mol. The Morgan fingerprint density at radius 1 is 0.818 bits per heavy atom. The Labute approximate surface area is 144 Å². The van der Waals surface area contributed by atoms with Gasteiger partial charge in [-0.05, 0) is 64.0 Å². The minimum Gasteiger partial charge on any atom is -0.456 e. The Bertz CT molecular complexity index is 754. The molecule has 1 N–H and O–H groups in total. The van der Waals surface area contributed by atoms with Gasteiger partial charge < -0.3 is 10.1 Å². The summed E-state index contributed by atoms with van der Waals surface area (Å²) in [6.07, 6.45) is 0. The van der Waals surface area contributed by atoms with Gasteiger partial charge in [-0.1, -0.05) is 42.5 Å². The number of anilines is 1. The molecule has 3 heteroatoms. The Balaban J connectivity index is 1.79. The van der Waals surface area contributed by atoms with Crippen molar-refractivity contribution < 1.29 is 4.74 Å². The summed E-state index contributed by atoms with van der Waals surface area (Å²) in [4.78, 5) is 0. The summed E-state index contributed by atoms with van der Waals surface area (Å²) in [7, 11) is 1.91. The van der Waals surface area contributed by atoms with Gasteiger partial charge >= 0.3 is 0 Å². The summed E-state index contributed by atoms with van der Waals surface area (Å²) < 4.78 is 7.04. The number of hydrogen-bond acceptors (Lipinski definition) is 2. The van der Waals surface area contributed by atoms with E-state index >= 15 is 0 Å². The number of rotatable bonds is 4. The zero-order valence-electron chi connectivity index (χ0n) is 12.2. The fraction of sp³-hybridized carbons (Fsp3) is 0.0526. The highest BCUT2D eigenvalue weighted by Crippen LogP contribution is 2.30. The lowest BCUT2D eigenvalue weighted by molar-refractivity contribution is 0.479. The van der Waals surface area contributed by atoms with Gasteiger partial charge in [0.15, 0.2) is 0 Å². The molecule has 0 saturated carbocycles. The van der Waals surface area contributed by atoms with Crippen LogP contribution in [-0.4, -0.2) is 7.05 Å². The maximum absolute atomic E-state index is 5.96. The molecular formula is C19H16INO. The molecule has 3 rings (SSSR count). The van der Waals surface area contributed by atoms with Gasteiger partial charge in [0.05, 0.1) is 3.57 Å². The van der Waals surface area contributed by atoms with Gasteiger partial charge in [-0.2, -0.15) is 0 Å². The highest BCUT2D eigenvalue weighted by molar-refractivity contribution is 14.1. The summed E-state index contributed by atoms with van der Waals surface area (Å²) in [5.41, 5.74) is 3.48. The third-order valence-corrected chi connectivity index (χ3v) is 4.25. The molecule has 0 aliphatic carbocycles. The first kappa shape index (κ1) is 14.9. The summed E-state index contributed by atoms with van der Waals surface area (Å²) >= 11 is 2.29. The second kappa shape index (κ2) is 6.83. The Kier molecular flexibility index (Phi) is 4.63. The first-order valence-corrected chi connectivity index (χ1v) is 8.15. The lowest BCUT2D eigenvalue weighted by Crippen LogP contribution is -1.91. The average molecular weight is 401 g/mol. The summed E-state index contributed by atoms with van der Waals surface area (Å²) in [5, 5.41) is 3.12. The quantitative estimate of drug-likeness (QED) is 0.559. The van der Waals surface area contributed by atoms with Gasteiger partial charge in [-0.25, -0.2) is 0 Å². The molecule has 0 aromatic heterocycles. The van der Waals surface area contributed by atoms with Gasteiger partial charge in [0.1, 0.15) is 11.5 Å². The van der Waals surface area contributed by atoms with Crippen LogP contribution in [0.2, 0.25) is 0 Å². The molecule has 2 nitrogen and oxygen atoms in total. The molecular weight excluding hydrogens is 385 g/mol. The van der Waals surface area contributed by atoms with Crippen LogP contribution >= 0.6 is 22.6 Å². The van der Waals surface area contributed by atoms with Crippen molar-refractivity contribution in [2.75, 3.05) is 12.4 Å². The van der Waals surface area contributed by atoms with E-state index in [-0.39, 0.29) is 0 Å². The van der Waals surface area contributed by atoms with Crippen molar-refractivity contribution in [1.82, 2.24) is 0 Å². The number of nitrogens with one attached hydrogen (secondary N) is 1. The van der Waals surface area contributed by atoms with Gasteiger partial charge in [-0.3, -0.25) is 0 Å². The molecule has 110 valence electrons. The van der Waals surface area contributed by atoms with Crippen molar-refractivity contribution >= 4 is 28.3 Å². The first-order valence-electron chi connectivity index (χ1n) is 7.07. The predicted octanol–water partition coefficient (Wildman–Crippen LogP) is 5.79. The van der Waals surface area contributed by atoms with Gasteiger partial charge in [0.2, 0.25) is 0 Å². The fourth-order valence-electron chi connectivity index (χ4n) is 2.21. The van der Waals surface area contributed by atoms with Crippen molar-refractivity contribution in [2.45, 2.75) is 0 Å². The molecule has 0 heterocycles. The molecule has 0 unspecified atom stereocenters. The normalized spacial score (nSPS) is 10.3. The standard InChI is InChI=1S/C19H16INO/c1-21-16-9-12-19(18(20)13-16)22-17-10-7-15(8-11-17)14-5-3-2-4-6-14/h2-13,21H,1H3. The average Bonchev–Trinajstić information content (AvgIpc) is 2.58. The van der Waals surface area contributed by atoms with Crippen LogP contribution in [0.1, 0.15) is 0 Å². The van der Waals surface area contributed by atoms with Crippen molar-refractivity contribution in [3.8, 4) is 22.6 Å². The highest BCUT2D eigenvalue weighted by atomic mass is 127. The number of hydrogen-bond donors (Lipinski definition) is 1. The molecule has 0 aliphatic heterocycles. The lowest BCUT2D eigenvalue weighted by atomic mass is 10.1. The van der Waals surface area contributed by atoms with E-state index in [1.54, 1.807) is 0 Å². The number of halogens is 1. The second-order valence-electron chi connectivity index (χ2n) is 4.89. The van der Waals surface area contributed by atoms with E-state index < -0.39 is 0 Å². The van der Waals surface area contributed by atoms with Crippen LogP contribution in [0, 0.1) is 3.57 Å². The third kappa shape index (κ3) is 3.42. The van der Waals surface area contributed by atoms with Gasteiger partial charge in [0, 0.05) is 12.7 Å². The van der Waals surface area contributed by atoms with Crippen molar-refractivity contribution in [1.29, 1.82) is 0 Å². The molecule has 0 saturated heterocycles. The Morgan fingerprint density at radius 3 is 2.14 bits per heavy atom. The smallest absolute Gasteiger partial charge is 0.140 e. The Morgan fingerprint density at radius 2 is 1.50 bits per heavy atom. The molecule has 0 bridgehead atoms. The molecule has 22 heavy (non-hydrogen) atoms. The number of benzene rings is 3. The molecule has 3 aromatic rings. The van der Waals surface area contributed by atoms with Gasteiger partial charge in [0.25, 0.3) is 0 Å². The largest absolute Gasteiger partial charge is 0.456 e. The zero-order chi connectivity index (χ0) is 15.4. The van der Waals surface area contributed by atoms with E-state index in [2.05, 4.69) is 58.2 Å². The van der Waals surface area contributed by atoms with E-state index in [0.717, 1.165) is 20.8 Å². The molecule has 0 spiro atoms. The maximum atomic E-state index is 5.96. The molecule has 0 radical (unpaired) electrons. The van der Waals surface area contributed by atoms with Crippen molar-refractivity contribution in [3.63, 3.8) is 0 Å². The number of ether oxygens (including phenoxy) is 1. The van der Waals surface area contributed by atoms with Crippen LogP contribution in [0.5, 0.6) is 11.5 Å². The summed E-state index contributed by atoms with van der Waals surface area (Å²) in [6, 6.07) is 24.6. The molecule has 0 fully saturated rings. The minimum atomic E-state index is 0.842. The fourth-order valence-corrected chi connectivity index (χ4v) is 2.84. The topological polar surface area (TPSA) is 21.3 Å². The summed E-state index contributed by atoms with van der Waals surface area (Å²) in [5.74, 6) is 1.71. The van der Waals surface area contributed by atoms with E-state index in [1.807, 2.05) is 49.5 Å². The van der Waals surface area contributed by atoms with Crippen LogP contribution in [0.3, 0.4) is 0 Å². The lowest BCUT2D eigenvalue weighted by Gasteiger charge is -2.10. The van der Waals surface area contributed by atoms with Crippen LogP contribution in [0.4, 0.5) is 5.69 Å². The molecule has 3 aromatic carbocycles. The third-order valence-electron chi connectivity index (χ3n) is 3.41. The van der Waals surface area contributed by atoms with Crippen molar-refractivity contribution in [3.05, 3.63) is 76.4 Å².